The average molecular weight is 220 g/mol. The summed E-state index contributed by atoms with van der Waals surface area (Å²) in [5, 5.41) is 11.3. The van der Waals surface area contributed by atoms with Crippen molar-refractivity contribution in [2.75, 3.05) is 19.5 Å². The zero-order chi connectivity index (χ0) is 9.68. The number of likely N-dealkylation sites (N-methyl/N-ethyl adjacent to an activating group) is 1. The van der Waals surface area contributed by atoms with Gasteiger partial charge in [0.05, 0.1) is 6.10 Å². The summed E-state index contributed by atoms with van der Waals surface area (Å²) in [5.74, 6) is 0.300. The first-order valence-electron chi connectivity index (χ1n) is 4.17. The lowest BCUT2D eigenvalue weighted by Gasteiger charge is -2.18. The molecule has 1 aromatic heterocycles. The Kier molecular flexibility index (Phi) is 4.73. The van der Waals surface area contributed by atoms with Crippen molar-refractivity contribution in [3.8, 4) is 0 Å². The fourth-order valence-electron chi connectivity index (χ4n) is 1.14. The predicted octanol–water partition coefficient (Wildman–Crippen LogP) is 1.78. The summed E-state index contributed by atoms with van der Waals surface area (Å²) in [7, 11) is 1.98. The molecule has 0 radical (unpaired) electrons. The second-order valence-corrected chi connectivity index (χ2v) is 4.43. The van der Waals surface area contributed by atoms with Gasteiger partial charge in [0.15, 0.2) is 0 Å². The molecule has 74 valence electrons. The Morgan fingerprint density at radius 1 is 1.69 bits per heavy atom. The van der Waals surface area contributed by atoms with E-state index < -0.39 is 6.10 Å². The summed E-state index contributed by atoms with van der Waals surface area (Å²) in [6.07, 6.45) is -0.424. The minimum Gasteiger partial charge on any atom is -0.391 e. The van der Waals surface area contributed by atoms with Crippen molar-refractivity contribution in [2.45, 2.75) is 12.6 Å². The summed E-state index contributed by atoms with van der Waals surface area (Å²) in [6.45, 7) is 1.51. The van der Waals surface area contributed by atoms with Gasteiger partial charge in [0.2, 0.25) is 0 Å². The molecule has 0 saturated carbocycles. The molecule has 4 heteroatoms. The number of hydrogen-bond acceptors (Lipinski definition) is 3. The number of aliphatic hydroxyl groups is 1. The molecule has 0 aliphatic carbocycles. The van der Waals surface area contributed by atoms with Crippen molar-refractivity contribution in [3.05, 3.63) is 22.4 Å². The molecule has 1 unspecified atom stereocenters. The topological polar surface area (TPSA) is 23.5 Å². The van der Waals surface area contributed by atoms with Crippen LogP contribution in [0.2, 0.25) is 0 Å². The second-order valence-electron chi connectivity index (χ2n) is 3.08. The summed E-state index contributed by atoms with van der Waals surface area (Å²) in [6, 6.07) is 4.13. The molecule has 0 aliphatic rings. The van der Waals surface area contributed by atoms with Gasteiger partial charge in [0, 0.05) is 23.8 Å². The van der Waals surface area contributed by atoms with Crippen molar-refractivity contribution < 1.29 is 5.11 Å². The first-order chi connectivity index (χ1) is 6.22. The van der Waals surface area contributed by atoms with E-state index in [9.17, 15) is 5.11 Å². The first-order valence-corrected chi connectivity index (χ1v) is 5.58. The van der Waals surface area contributed by atoms with Crippen molar-refractivity contribution in [1.29, 1.82) is 0 Å². The van der Waals surface area contributed by atoms with Gasteiger partial charge in [-0.05, 0) is 18.5 Å². The number of thiophene rings is 1. The lowest BCUT2D eigenvalue weighted by Crippen LogP contribution is -2.29. The molecule has 13 heavy (non-hydrogen) atoms. The number of rotatable bonds is 5. The minimum atomic E-state index is -0.424. The van der Waals surface area contributed by atoms with E-state index in [1.807, 2.05) is 13.1 Å². The third-order valence-electron chi connectivity index (χ3n) is 1.71. The van der Waals surface area contributed by atoms with Crippen molar-refractivity contribution in [2.24, 2.45) is 0 Å². The van der Waals surface area contributed by atoms with Gasteiger partial charge in [-0.1, -0.05) is 6.07 Å². The summed E-state index contributed by atoms with van der Waals surface area (Å²) in [4.78, 5) is 3.38. The van der Waals surface area contributed by atoms with Gasteiger partial charge >= 0.3 is 0 Å². The summed E-state index contributed by atoms with van der Waals surface area (Å²) >= 11 is 7.23. The Labute approximate surface area is 87.8 Å². The quantitative estimate of drug-likeness (QED) is 0.764. The maximum absolute atomic E-state index is 9.29. The summed E-state index contributed by atoms with van der Waals surface area (Å²) < 4.78 is 0. The number of hydrogen-bond donors (Lipinski definition) is 1. The fraction of sp³-hybridized carbons (Fsp3) is 0.556. The molecule has 1 aromatic rings. The first kappa shape index (κ1) is 11.0. The highest BCUT2D eigenvalue weighted by Crippen LogP contribution is 2.10. The van der Waals surface area contributed by atoms with E-state index >= 15 is 0 Å². The van der Waals surface area contributed by atoms with Gasteiger partial charge < -0.3 is 5.11 Å². The lowest BCUT2D eigenvalue weighted by molar-refractivity contribution is 0.141. The van der Waals surface area contributed by atoms with Crippen LogP contribution in [0.15, 0.2) is 17.5 Å². The van der Waals surface area contributed by atoms with E-state index in [1.165, 1.54) is 4.88 Å². The highest BCUT2D eigenvalue weighted by Gasteiger charge is 2.07. The molecule has 1 heterocycles. The number of halogens is 1. The van der Waals surface area contributed by atoms with Crippen LogP contribution in [0.5, 0.6) is 0 Å². The van der Waals surface area contributed by atoms with E-state index in [1.54, 1.807) is 11.3 Å². The smallest absolute Gasteiger partial charge is 0.0802 e. The van der Waals surface area contributed by atoms with E-state index in [-0.39, 0.29) is 0 Å². The Balaban J connectivity index is 2.29. The van der Waals surface area contributed by atoms with Crippen molar-refractivity contribution in [3.63, 3.8) is 0 Å². The van der Waals surface area contributed by atoms with Gasteiger partial charge in [-0.25, -0.2) is 0 Å². The Morgan fingerprint density at radius 3 is 3.00 bits per heavy atom. The van der Waals surface area contributed by atoms with Crippen molar-refractivity contribution >= 4 is 22.9 Å². The maximum Gasteiger partial charge on any atom is 0.0802 e. The Hall–Kier alpha value is -0.0900. The molecule has 0 saturated heterocycles. The van der Waals surface area contributed by atoms with E-state index in [0.717, 1.165) is 6.54 Å². The zero-order valence-electron chi connectivity index (χ0n) is 7.61. The van der Waals surface area contributed by atoms with E-state index in [0.29, 0.717) is 12.4 Å². The number of nitrogens with zero attached hydrogens (tertiary/aromatic N) is 1. The largest absolute Gasteiger partial charge is 0.391 e. The molecule has 1 rings (SSSR count). The maximum atomic E-state index is 9.29. The highest BCUT2D eigenvalue weighted by atomic mass is 35.5. The lowest BCUT2D eigenvalue weighted by atomic mass is 10.3. The summed E-state index contributed by atoms with van der Waals surface area (Å²) in [5.41, 5.74) is 0. The van der Waals surface area contributed by atoms with Crippen LogP contribution in [-0.4, -0.2) is 35.6 Å². The average Bonchev–Trinajstić information content (AvgIpc) is 2.56. The third-order valence-corrected chi connectivity index (χ3v) is 2.92. The van der Waals surface area contributed by atoms with E-state index in [4.69, 9.17) is 11.6 Å². The van der Waals surface area contributed by atoms with Gasteiger partial charge in [0.25, 0.3) is 0 Å². The monoisotopic (exact) mass is 219 g/mol. The van der Waals surface area contributed by atoms with Crippen LogP contribution < -0.4 is 0 Å². The van der Waals surface area contributed by atoms with Crippen LogP contribution in [0.4, 0.5) is 0 Å². The molecular formula is C9H14ClNOS. The van der Waals surface area contributed by atoms with Crippen LogP contribution in [0.25, 0.3) is 0 Å². The second kappa shape index (κ2) is 5.60. The third kappa shape index (κ3) is 4.09. The minimum absolute atomic E-state index is 0.300. The standard InChI is InChI=1S/C9H14ClNOS/c1-11(6-8(12)5-10)7-9-3-2-4-13-9/h2-4,8,12H,5-7H2,1H3. The molecule has 0 fully saturated rings. The number of alkyl halides is 1. The molecule has 0 aromatic carbocycles. The Bertz CT molecular complexity index is 228. The Morgan fingerprint density at radius 2 is 2.46 bits per heavy atom. The number of aliphatic hydroxyl groups excluding tert-OH is 1. The van der Waals surface area contributed by atoms with Crippen LogP contribution in [-0.2, 0) is 6.54 Å². The molecule has 0 amide bonds. The zero-order valence-corrected chi connectivity index (χ0v) is 9.18. The molecular weight excluding hydrogens is 206 g/mol. The molecule has 2 nitrogen and oxygen atoms in total. The predicted molar refractivity (Wildman–Crippen MR) is 57.4 cm³/mol. The van der Waals surface area contributed by atoms with Crippen LogP contribution in [0, 0.1) is 0 Å². The van der Waals surface area contributed by atoms with Gasteiger partial charge in [-0.3, -0.25) is 4.90 Å². The SMILES string of the molecule is CN(Cc1cccs1)CC(O)CCl. The van der Waals surface area contributed by atoms with Gasteiger partial charge in [0.1, 0.15) is 0 Å². The van der Waals surface area contributed by atoms with Crippen LogP contribution in [0.1, 0.15) is 4.88 Å². The normalized spacial score (nSPS) is 13.5. The molecule has 0 spiro atoms. The highest BCUT2D eigenvalue weighted by molar-refractivity contribution is 7.09. The van der Waals surface area contributed by atoms with Crippen LogP contribution >= 0.6 is 22.9 Å². The molecule has 1 N–H and O–H groups in total. The van der Waals surface area contributed by atoms with Crippen LogP contribution in [0.3, 0.4) is 0 Å². The van der Waals surface area contributed by atoms with Gasteiger partial charge in [-0.2, -0.15) is 0 Å². The molecule has 1 atom stereocenters. The molecule has 0 aliphatic heterocycles. The fourth-order valence-corrected chi connectivity index (χ4v) is 2.02. The van der Waals surface area contributed by atoms with E-state index in [2.05, 4.69) is 16.3 Å². The van der Waals surface area contributed by atoms with Gasteiger partial charge in [-0.15, -0.1) is 22.9 Å². The van der Waals surface area contributed by atoms with Crippen molar-refractivity contribution in [1.82, 2.24) is 4.90 Å². The molecule has 0 bridgehead atoms.